The summed E-state index contributed by atoms with van der Waals surface area (Å²) in [6, 6.07) is 5.93. The van der Waals surface area contributed by atoms with Gasteiger partial charge < -0.3 is 15.7 Å². The summed E-state index contributed by atoms with van der Waals surface area (Å²) in [7, 11) is 1.52. The van der Waals surface area contributed by atoms with Gasteiger partial charge in [0.15, 0.2) is 0 Å². The molecule has 0 radical (unpaired) electrons. The van der Waals surface area contributed by atoms with Crippen molar-refractivity contribution in [1.82, 2.24) is 10.6 Å². The van der Waals surface area contributed by atoms with Crippen LogP contribution in [0, 0.1) is 0 Å². The average molecular weight is 236 g/mol. The van der Waals surface area contributed by atoms with Crippen molar-refractivity contribution in [1.29, 1.82) is 0 Å². The smallest absolute Gasteiger partial charge is 0.242 e. The molecule has 0 aliphatic rings. The van der Waals surface area contributed by atoms with Crippen molar-refractivity contribution in [3.63, 3.8) is 0 Å². The first kappa shape index (κ1) is 13.0. The van der Waals surface area contributed by atoms with Gasteiger partial charge in [0.05, 0.1) is 0 Å². The molecule has 3 N–H and O–H groups in total. The van der Waals surface area contributed by atoms with Crippen LogP contribution in [0.4, 0.5) is 0 Å². The first-order valence-electron chi connectivity index (χ1n) is 5.29. The molecule has 0 spiro atoms. The highest BCUT2D eigenvalue weighted by molar-refractivity contribution is 5.86. The molecule has 0 aliphatic heterocycles. The van der Waals surface area contributed by atoms with Crippen molar-refractivity contribution in [2.24, 2.45) is 0 Å². The second-order valence-corrected chi connectivity index (χ2v) is 3.74. The van der Waals surface area contributed by atoms with E-state index in [0.29, 0.717) is 6.42 Å². The Morgan fingerprint density at radius 1 is 1.29 bits per heavy atom. The zero-order valence-electron chi connectivity index (χ0n) is 9.86. The van der Waals surface area contributed by atoms with Gasteiger partial charge in [-0.05, 0) is 17.7 Å². The third-order valence-corrected chi connectivity index (χ3v) is 2.32. The number of hydrogen-bond donors (Lipinski definition) is 3. The molecule has 1 unspecified atom stereocenters. The van der Waals surface area contributed by atoms with Gasteiger partial charge in [0.1, 0.15) is 11.8 Å². The van der Waals surface area contributed by atoms with Crippen molar-refractivity contribution < 1.29 is 14.7 Å². The zero-order chi connectivity index (χ0) is 12.8. The molecule has 0 saturated heterocycles. The summed E-state index contributed by atoms with van der Waals surface area (Å²) in [6.07, 6.45) is 0.388. The normalized spacial score (nSPS) is 11.6. The second kappa shape index (κ2) is 5.89. The van der Waals surface area contributed by atoms with E-state index in [2.05, 4.69) is 10.6 Å². The molecular weight excluding hydrogens is 220 g/mol. The van der Waals surface area contributed by atoms with Gasteiger partial charge in [-0.25, -0.2) is 0 Å². The fourth-order valence-corrected chi connectivity index (χ4v) is 1.50. The zero-order valence-corrected chi connectivity index (χ0v) is 9.86. The first-order valence-corrected chi connectivity index (χ1v) is 5.29. The Morgan fingerprint density at radius 2 is 1.88 bits per heavy atom. The lowest BCUT2D eigenvalue weighted by Gasteiger charge is -2.16. The van der Waals surface area contributed by atoms with Crippen molar-refractivity contribution in [3.8, 4) is 5.75 Å². The lowest BCUT2D eigenvalue weighted by atomic mass is 10.1. The highest BCUT2D eigenvalue weighted by Crippen LogP contribution is 2.11. The van der Waals surface area contributed by atoms with E-state index in [1.807, 2.05) is 0 Å². The predicted molar refractivity (Wildman–Crippen MR) is 63.5 cm³/mol. The molecule has 0 saturated carbocycles. The molecule has 1 aromatic rings. The summed E-state index contributed by atoms with van der Waals surface area (Å²) in [4.78, 5) is 22.5. The molecule has 1 aromatic carbocycles. The minimum Gasteiger partial charge on any atom is -0.508 e. The van der Waals surface area contributed by atoms with Crippen LogP contribution in [0.25, 0.3) is 0 Å². The highest BCUT2D eigenvalue weighted by Gasteiger charge is 2.18. The Hall–Kier alpha value is -2.04. The first-order chi connectivity index (χ1) is 8.02. The molecule has 0 fully saturated rings. The van der Waals surface area contributed by atoms with Crippen molar-refractivity contribution in [3.05, 3.63) is 29.8 Å². The maximum Gasteiger partial charge on any atom is 0.242 e. The van der Waals surface area contributed by atoms with Crippen LogP contribution in [0.15, 0.2) is 24.3 Å². The number of nitrogens with one attached hydrogen (secondary N) is 2. The number of hydrogen-bond acceptors (Lipinski definition) is 3. The molecule has 92 valence electrons. The Balaban J connectivity index is 2.75. The van der Waals surface area contributed by atoms with E-state index in [1.165, 1.54) is 14.0 Å². The SMILES string of the molecule is CNC(=O)C(Cc1ccc(O)cc1)NC(C)=O. The summed E-state index contributed by atoms with van der Waals surface area (Å²) in [5, 5.41) is 14.2. The standard InChI is InChI=1S/C12H16N2O3/c1-8(15)14-11(12(17)13-2)7-9-3-5-10(16)6-4-9/h3-6,11,16H,7H2,1-2H3,(H,13,17)(H,14,15). The molecule has 5 heteroatoms. The minimum atomic E-state index is -0.595. The van der Waals surface area contributed by atoms with E-state index >= 15 is 0 Å². The van der Waals surface area contributed by atoms with E-state index in [0.717, 1.165) is 5.56 Å². The molecule has 0 aliphatic carbocycles. The van der Waals surface area contributed by atoms with Gasteiger partial charge in [-0.1, -0.05) is 12.1 Å². The van der Waals surface area contributed by atoms with E-state index in [-0.39, 0.29) is 17.6 Å². The van der Waals surface area contributed by atoms with Crippen LogP contribution in [0.3, 0.4) is 0 Å². The van der Waals surface area contributed by atoms with Gasteiger partial charge in [-0.2, -0.15) is 0 Å². The van der Waals surface area contributed by atoms with Gasteiger partial charge in [0.2, 0.25) is 11.8 Å². The van der Waals surface area contributed by atoms with Crippen LogP contribution in [0.5, 0.6) is 5.75 Å². The predicted octanol–water partition coefficient (Wildman–Crippen LogP) is 0.185. The van der Waals surface area contributed by atoms with Crippen LogP contribution in [-0.2, 0) is 16.0 Å². The minimum absolute atomic E-state index is 0.171. The summed E-state index contributed by atoms with van der Waals surface area (Å²) in [5.41, 5.74) is 0.866. The number of carbonyl (C=O) groups excluding carboxylic acids is 2. The van der Waals surface area contributed by atoms with Crippen molar-refractivity contribution in [2.45, 2.75) is 19.4 Å². The van der Waals surface area contributed by atoms with Crippen LogP contribution >= 0.6 is 0 Å². The molecule has 2 amide bonds. The number of phenols is 1. The lowest BCUT2D eigenvalue weighted by Crippen LogP contribution is -2.46. The van der Waals surface area contributed by atoms with Crippen LogP contribution in [0.2, 0.25) is 0 Å². The number of benzene rings is 1. The van der Waals surface area contributed by atoms with Gasteiger partial charge in [-0.15, -0.1) is 0 Å². The van der Waals surface area contributed by atoms with E-state index in [9.17, 15) is 9.59 Å². The summed E-state index contributed by atoms with van der Waals surface area (Å²) < 4.78 is 0. The fraction of sp³-hybridized carbons (Fsp3) is 0.333. The summed E-state index contributed by atoms with van der Waals surface area (Å²) in [6.45, 7) is 1.37. The van der Waals surface area contributed by atoms with Crippen LogP contribution in [0.1, 0.15) is 12.5 Å². The Morgan fingerprint density at radius 3 is 2.35 bits per heavy atom. The molecule has 0 heterocycles. The second-order valence-electron chi connectivity index (χ2n) is 3.74. The molecule has 0 aromatic heterocycles. The lowest BCUT2D eigenvalue weighted by molar-refractivity contribution is -0.127. The van der Waals surface area contributed by atoms with Crippen LogP contribution in [-0.4, -0.2) is 30.0 Å². The van der Waals surface area contributed by atoms with E-state index in [1.54, 1.807) is 24.3 Å². The number of phenolic OH excluding ortho intramolecular Hbond substituents is 1. The van der Waals surface area contributed by atoms with Gasteiger partial charge in [0, 0.05) is 20.4 Å². The van der Waals surface area contributed by atoms with Gasteiger partial charge >= 0.3 is 0 Å². The molecule has 0 bridgehead atoms. The van der Waals surface area contributed by atoms with Crippen molar-refractivity contribution >= 4 is 11.8 Å². The average Bonchev–Trinajstić information content (AvgIpc) is 2.29. The Bertz CT molecular complexity index is 401. The maximum absolute atomic E-state index is 11.5. The fourth-order valence-electron chi connectivity index (χ4n) is 1.50. The number of aromatic hydroxyl groups is 1. The van der Waals surface area contributed by atoms with Crippen LogP contribution < -0.4 is 10.6 Å². The maximum atomic E-state index is 11.5. The summed E-state index contributed by atoms with van der Waals surface area (Å²) >= 11 is 0. The number of rotatable bonds is 4. The third-order valence-electron chi connectivity index (χ3n) is 2.32. The van der Waals surface area contributed by atoms with Gasteiger partial charge in [0.25, 0.3) is 0 Å². The Labute approximate surface area is 99.8 Å². The highest BCUT2D eigenvalue weighted by atomic mass is 16.3. The number of likely N-dealkylation sites (N-methyl/N-ethyl adjacent to an activating group) is 1. The van der Waals surface area contributed by atoms with Gasteiger partial charge in [-0.3, -0.25) is 9.59 Å². The molecule has 17 heavy (non-hydrogen) atoms. The molecule has 1 rings (SSSR count). The number of carbonyl (C=O) groups is 2. The van der Waals surface area contributed by atoms with E-state index < -0.39 is 6.04 Å². The largest absolute Gasteiger partial charge is 0.508 e. The number of amides is 2. The molecular formula is C12H16N2O3. The quantitative estimate of drug-likeness (QED) is 0.698. The third kappa shape index (κ3) is 4.14. The van der Waals surface area contributed by atoms with Crippen molar-refractivity contribution in [2.75, 3.05) is 7.05 Å². The monoisotopic (exact) mass is 236 g/mol. The molecule has 1 atom stereocenters. The van der Waals surface area contributed by atoms with E-state index in [4.69, 9.17) is 5.11 Å². The summed E-state index contributed by atoms with van der Waals surface area (Å²) in [5.74, 6) is -0.324. The topological polar surface area (TPSA) is 78.4 Å². The molecule has 5 nitrogen and oxygen atoms in total. The Kier molecular flexibility index (Phi) is 4.51.